The lowest BCUT2D eigenvalue weighted by molar-refractivity contribution is -0.384. The van der Waals surface area contributed by atoms with Crippen LogP contribution in [0.15, 0.2) is 47.1 Å². The van der Waals surface area contributed by atoms with Crippen LogP contribution >= 0.6 is 0 Å². The topological polar surface area (TPSA) is 112 Å². The minimum absolute atomic E-state index is 0.00452. The summed E-state index contributed by atoms with van der Waals surface area (Å²) in [6.45, 7) is 1.58. The first-order chi connectivity index (χ1) is 11.0. The maximum atomic E-state index is 11.9. The van der Waals surface area contributed by atoms with Crippen LogP contribution in [0.2, 0.25) is 0 Å². The molecule has 0 bridgehead atoms. The van der Waals surface area contributed by atoms with E-state index in [0.29, 0.717) is 5.76 Å². The highest BCUT2D eigenvalue weighted by atomic mass is 16.6. The Morgan fingerprint density at radius 3 is 2.78 bits per heavy atom. The van der Waals surface area contributed by atoms with Crippen LogP contribution in [0.25, 0.3) is 0 Å². The van der Waals surface area contributed by atoms with E-state index in [1.54, 1.807) is 12.1 Å². The second kappa shape index (κ2) is 7.21. The Labute approximate surface area is 131 Å². The van der Waals surface area contributed by atoms with Gasteiger partial charge in [0.15, 0.2) is 6.10 Å². The van der Waals surface area contributed by atoms with Crippen molar-refractivity contribution < 1.29 is 23.7 Å². The fraction of sp³-hybridized carbons (Fsp3) is 0.200. The number of amides is 1. The van der Waals surface area contributed by atoms with Crippen LogP contribution in [0.5, 0.6) is 0 Å². The SMILES string of the molecule is CC(OC(=O)c1cccc([N+](=O)[O-])c1)C(=O)NCc1ccco1. The zero-order chi connectivity index (χ0) is 16.8. The first kappa shape index (κ1) is 16.2. The molecule has 0 aliphatic rings. The molecule has 0 saturated heterocycles. The Bertz CT molecular complexity index is 711. The third-order valence-corrected chi connectivity index (χ3v) is 2.96. The maximum Gasteiger partial charge on any atom is 0.339 e. The van der Waals surface area contributed by atoms with E-state index >= 15 is 0 Å². The van der Waals surface area contributed by atoms with Crippen molar-refractivity contribution in [3.63, 3.8) is 0 Å². The first-order valence-corrected chi connectivity index (χ1v) is 6.73. The van der Waals surface area contributed by atoms with Gasteiger partial charge >= 0.3 is 5.97 Å². The second-order valence-corrected chi connectivity index (χ2v) is 4.65. The molecule has 1 amide bonds. The van der Waals surface area contributed by atoms with Gasteiger partial charge in [-0.05, 0) is 25.1 Å². The van der Waals surface area contributed by atoms with Gasteiger partial charge in [0, 0.05) is 12.1 Å². The van der Waals surface area contributed by atoms with Gasteiger partial charge in [0.1, 0.15) is 5.76 Å². The van der Waals surface area contributed by atoms with Crippen LogP contribution in [0, 0.1) is 10.1 Å². The van der Waals surface area contributed by atoms with Gasteiger partial charge in [0.05, 0.1) is 23.3 Å². The molecule has 0 fully saturated rings. The molecule has 0 saturated carbocycles. The highest BCUT2D eigenvalue weighted by Crippen LogP contribution is 2.14. The Kier molecular flexibility index (Phi) is 5.08. The first-order valence-electron chi connectivity index (χ1n) is 6.73. The van der Waals surface area contributed by atoms with Crippen LogP contribution in [-0.4, -0.2) is 22.9 Å². The molecular formula is C15H14N2O6. The molecule has 1 heterocycles. The minimum Gasteiger partial charge on any atom is -0.467 e. The number of hydrogen-bond acceptors (Lipinski definition) is 6. The van der Waals surface area contributed by atoms with E-state index in [2.05, 4.69) is 5.32 Å². The van der Waals surface area contributed by atoms with Gasteiger partial charge in [0.25, 0.3) is 11.6 Å². The molecular weight excluding hydrogens is 304 g/mol. The molecule has 23 heavy (non-hydrogen) atoms. The molecule has 120 valence electrons. The predicted molar refractivity (Wildman–Crippen MR) is 78.5 cm³/mol. The van der Waals surface area contributed by atoms with Crippen molar-refractivity contribution in [1.82, 2.24) is 5.32 Å². The molecule has 1 N–H and O–H groups in total. The lowest BCUT2D eigenvalue weighted by Crippen LogP contribution is -2.35. The van der Waals surface area contributed by atoms with Crippen LogP contribution in [0.4, 0.5) is 5.69 Å². The van der Waals surface area contributed by atoms with Crippen molar-refractivity contribution in [2.45, 2.75) is 19.6 Å². The number of esters is 1. The zero-order valence-electron chi connectivity index (χ0n) is 12.2. The van der Waals surface area contributed by atoms with Gasteiger partial charge < -0.3 is 14.5 Å². The second-order valence-electron chi connectivity index (χ2n) is 4.65. The summed E-state index contributed by atoms with van der Waals surface area (Å²) in [5, 5.41) is 13.2. The van der Waals surface area contributed by atoms with Crippen molar-refractivity contribution in [2.24, 2.45) is 0 Å². The number of furan rings is 1. The van der Waals surface area contributed by atoms with Gasteiger partial charge in [-0.3, -0.25) is 14.9 Å². The molecule has 0 radical (unpaired) electrons. The summed E-state index contributed by atoms with van der Waals surface area (Å²) in [6, 6.07) is 8.48. The predicted octanol–water partition coefficient (Wildman–Crippen LogP) is 2.05. The number of benzene rings is 1. The third-order valence-electron chi connectivity index (χ3n) is 2.96. The van der Waals surface area contributed by atoms with Crippen LogP contribution in [0.1, 0.15) is 23.0 Å². The summed E-state index contributed by atoms with van der Waals surface area (Å²) < 4.78 is 10.1. The Hall–Kier alpha value is -3.16. The fourth-order valence-electron chi connectivity index (χ4n) is 1.76. The number of non-ortho nitro benzene ring substituents is 1. The molecule has 8 nitrogen and oxygen atoms in total. The summed E-state index contributed by atoms with van der Waals surface area (Å²) in [5.41, 5.74) is -0.223. The molecule has 0 aliphatic heterocycles. The normalized spacial score (nSPS) is 11.5. The Morgan fingerprint density at radius 2 is 2.13 bits per heavy atom. The average Bonchev–Trinajstić information content (AvgIpc) is 3.06. The van der Waals surface area contributed by atoms with Crippen LogP contribution < -0.4 is 5.32 Å². The standard InChI is InChI=1S/C15H14N2O6/c1-10(14(18)16-9-13-6-3-7-22-13)23-15(19)11-4-2-5-12(8-11)17(20)21/h2-8,10H,9H2,1H3,(H,16,18). The molecule has 2 rings (SSSR count). The number of carbonyl (C=O) groups is 2. The van der Waals surface area contributed by atoms with E-state index in [0.717, 1.165) is 6.07 Å². The van der Waals surface area contributed by atoms with E-state index < -0.39 is 22.9 Å². The van der Waals surface area contributed by atoms with Gasteiger partial charge in [-0.25, -0.2) is 4.79 Å². The Balaban J connectivity index is 1.92. The number of nitro groups is 1. The zero-order valence-corrected chi connectivity index (χ0v) is 12.2. The number of ether oxygens (including phenoxy) is 1. The van der Waals surface area contributed by atoms with Gasteiger partial charge in [-0.1, -0.05) is 6.07 Å². The van der Waals surface area contributed by atoms with E-state index in [4.69, 9.17) is 9.15 Å². The van der Waals surface area contributed by atoms with Crippen LogP contribution in [0.3, 0.4) is 0 Å². The quantitative estimate of drug-likeness (QED) is 0.495. The van der Waals surface area contributed by atoms with Gasteiger partial charge in [-0.2, -0.15) is 0 Å². The molecule has 1 aromatic heterocycles. The number of nitrogens with one attached hydrogen (secondary N) is 1. The van der Waals surface area contributed by atoms with E-state index in [1.807, 2.05) is 0 Å². The molecule has 0 spiro atoms. The summed E-state index contributed by atoms with van der Waals surface area (Å²) in [5.74, 6) is -0.745. The minimum atomic E-state index is -1.04. The molecule has 1 unspecified atom stereocenters. The number of carbonyl (C=O) groups excluding carboxylic acids is 2. The summed E-state index contributed by atoms with van der Waals surface area (Å²) in [4.78, 5) is 33.8. The smallest absolute Gasteiger partial charge is 0.339 e. The maximum absolute atomic E-state index is 11.9. The van der Waals surface area contributed by atoms with Crippen molar-refractivity contribution in [3.05, 3.63) is 64.1 Å². The van der Waals surface area contributed by atoms with Crippen molar-refractivity contribution in [1.29, 1.82) is 0 Å². The lowest BCUT2D eigenvalue weighted by atomic mass is 10.2. The lowest BCUT2D eigenvalue weighted by Gasteiger charge is -2.12. The summed E-state index contributed by atoms with van der Waals surface area (Å²) in [7, 11) is 0. The third kappa shape index (κ3) is 4.40. The molecule has 2 aromatic rings. The van der Waals surface area contributed by atoms with Gasteiger partial charge in [-0.15, -0.1) is 0 Å². The number of hydrogen-bond donors (Lipinski definition) is 1. The average molecular weight is 318 g/mol. The number of nitrogens with zero attached hydrogens (tertiary/aromatic N) is 1. The largest absolute Gasteiger partial charge is 0.467 e. The molecule has 1 atom stereocenters. The highest BCUT2D eigenvalue weighted by molar-refractivity contribution is 5.92. The summed E-state index contributed by atoms with van der Waals surface area (Å²) in [6.07, 6.45) is 0.435. The fourth-order valence-corrected chi connectivity index (χ4v) is 1.76. The molecule has 0 aliphatic carbocycles. The monoisotopic (exact) mass is 318 g/mol. The number of nitro benzene ring substituents is 1. The number of rotatable bonds is 6. The van der Waals surface area contributed by atoms with E-state index in [-0.39, 0.29) is 17.8 Å². The van der Waals surface area contributed by atoms with Crippen molar-refractivity contribution >= 4 is 17.6 Å². The van der Waals surface area contributed by atoms with Crippen LogP contribution in [-0.2, 0) is 16.1 Å². The Morgan fingerprint density at radius 1 is 1.35 bits per heavy atom. The van der Waals surface area contributed by atoms with E-state index in [9.17, 15) is 19.7 Å². The van der Waals surface area contributed by atoms with Crippen molar-refractivity contribution in [2.75, 3.05) is 0 Å². The van der Waals surface area contributed by atoms with Gasteiger partial charge in [0.2, 0.25) is 0 Å². The summed E-state index contributed by atoms with van der Waals surface area (Å²) >= 11 is 0. The van der Waals surface area contributed by atoms with Crippen molar-refractivity contribution in [3.8, 4) is 0 Å². The van der Waals surface area contributed by atoms with E-state index in [1.165, 1.54) is 31.4 Å². The highest BCUT2D eigenvalue weighted by Gasteiger charge is 2.20. The molecule has 1 aromatic carbocycles. The molecule has 8 heteroatoms.